The van der Waals surface area contributed by atoms with Gasteiger partial charge in [-0.3, -0.25) is 4.79 Å². The molecule has 0 radical (unpaired) electrons. The zero-order valence-electron chi connectivity index (χ0n) is 14.5. The fourth-order valence-electron chi connectivity index (χ4n) is 3.34. The Kier molecular flexibility index (Phi) is 5.49. The Morgan fingerprint density at radius 2 is 1.77 bits per heavy atom. The molecule has 0 bridgehead atoms. The molecule has 0 aromatic heterocycles. The first-order valence-corrected chi connectivity index (χ1v) is 8.58. The van der Waals surface area contributed by atoms with Crippen molar-refractivity contribution in [3.8, 4) is 5.75 Å². The third-order valence-electron chi connectivity index (χ3n) is 4.81. The molecule has 2 aromatic carbocycles. The summed E-state index contributed by atoms with van der Waals surface area (Å²) in [5.41, 5.74) is 0.635. The Morgan fingerprint density at radius 3 is 2.46 bits per heavy atom. The van der Waals surface area contributed by atoms with Crippen LogP contribution in [-0.2, 0) is 0 Å². The predicted molar refractivity (Wildman–Crippen MR) is 91.8 cm³/mol. The predicted octanol–water partition coefficient (Wildman–Crippen LogP) is 4.52. The second-order valence-corrected chi connectivity index (χ2v) is 6.44. The summed E-state index contributed by atoms with van der Waals surface area (Å²) in [7, 11) is 1.59. The van der Waals surface area contributed by atoms with Gasteiger partial charge in [-0.15, -0.1) is 0 Å². The zero-order valence-corrected chi connectivity index (χ0v) is 14.5. The number of carbonyl (C=O) groups excluding carboxylic acids is 1. The highest BCUT2D eigenvalue weighted by molar-refractivity contribution is 5.94. The van der Waals surface area contributed by atoms with Gasteiger partial charge in [0.25, 0.3) is 5.91 Å². The van der Waals surface area contributed by atoms with Crippen molar-refractivity contribution >= 4 is 5.91 Å². The number of hydrogen-bond donors (Lipinski definition) is 0. The Hall–Kier alpha value is -2.50. The van der Waals surface area contributed by atoms with Crippen molar-refractivity contribution in [2.24, 2.45) is 0 Å². The van der Waals surface area contributed by atoms with E-state index in [-0.39, 0.29) is 5.92 Å². The van der Waals surface area contributed by atoms with Crippen LogP contribution >= 0.6 is 0 Å². The highest BCUT2D eigenvalue weighted by Gasteiger charge is 2.27. The van der Waals surface area contributed by atoms with Crippen molar-refractivity contribution in [3.05, 3.63) is 65.0 Å². The molecule has 2 aromatic rings. The minimum Gasteiger partial charge on any atom is -0.497 e. The largest absolute Gasteiger partial charge is 0.497 e. The van der Waals surface area contributed by atoms with E-state index in [9.17, 15) is 18.0 Å². The lowest BCUT2D eigenvalue weighted by Crippen LogP contribution is -2.34. The first kappa shape index (κ1) is 18.3. The summed E-state index contributed by atoms with van der Waals surface area (Å²) in [6.45, 7) is 0.869. The van der Waals surface area contributed by atoms with Gasteiger partial charge in [0.2, 0.25) is 0 Å². The van der Waals surface area contributed by atoms with Crippen LogP contribution in [0.25, 0.3) is 0 Å². The van der Waals surface area contributed by atoms with Gasteiger partial charge in [-0.05, 0) is 42.7 Å². The van der Waals surface area contributed by atoms with Crippen molar-refractivity contribution in [1.29, 1.82) is 0 Å². The van der Waals surface area contributed by atoms with Gasteiger partial charge in [0.15, 0.2) is 17.5 Å². The third-order valence-corrected chi connectivity index (χ3v) is 4.81. The number of likely N-dealkylation sites (tertiary alicyclic amines) is 1. The molecular weight excluding hydrogens is 343 g/mol. The van der Waals surface area contributed by atoms with Crippen molar-refractivity contribution < 1.29 is 22.7 Å². The number of halogens is 3. The number of nitrogens with zero attached hydrogens (tertiary/aromatic N) is 1. The summed E-state index contributed by atoms with van der Waals surface area (Å²) in [6.07, 6.45) is 2.61. The molecule has 1 aliphatic heterocycles. The van der Waals surface area contributed by atoms with Crippen LogP contribution in [0.5, 0.6) is 5.75 Å². The SMILES string of the molecule is COc1ccc(C2CCCCN(C(=O)c3ccc(F)c(F)c3F)C2)cc1. The molecule has 1 atom stereocenters. The van der Waals surface area contributed by atoms with E-state index in [1.807, 2.05) is 24.3 Å². The van der Waals surface area contributed by atoms with Gasteiger partial charge >= 0.3 is 0 Å². The summed E-state index contributed by atoms with van der Waals surface area (Å²) in [6, 6.07) is 9.42. The Labute approximate surface area is 150 Å². The van der Waals surface area contributed by atoms with E-state index in [1.165, 1.54) is 4.90 Å². The van der Waals surface area contributed by atoms with Crippen LogP contribution in [0.1, 0.15) is 41.1 Å². The molecule has 1 aliphatic rings. The number of methoxy groups -OCH3 is 1. The number of amides is 1. The molecule has 138 valence electrons. The Balaban J connectivity index is 1.82. The standard InChI is InChI=1S/C20H20F3NO2/c1-26-15-7-5-13(6-8-15)14-4-2-3-11-24(12-14)20(25)16-9-10-17(21)19(23)18(16)22/h5-10,14H,2-4,11-12H2,1H3. The summed E-state index contributed by atoms with van der Waals surface area (Å²) in [5.74, 6) is -4.11. The molecule has 1 saturated heterocycles. The second kappa shape index (κ2) is 7.81. The number of carbonyl (C=O) groups is 1. The van der Waals surface area contributed by atoms with E-state index in [4.69, 9.17) is 4.74 Å². The normalized spacial score (nSPS) is 17.7. The lowest BCUT2D eigenvalue weighted by Gasteiger charge is -2.25. The molecule has 6 heteroatoms. The molecule has 0 N–H and O–H groups in total. The highest BCUT2D eigenvalue weighted by Crippen LogP contribution is 2.29. The Morgan fingerprint density at radius 1 is 1.04 bits per heavy atom. The van der Waals surface area contributed by atoms with Gasteiger partial charge in [0.05, 0.1) is 12.7 Å². The molecule has 3 rings (SSSR count). The summed E-state index contributed by atoms with van der Waals surface area (Å²) >= 11 is 0. The van der Waals surface area contributed by atoms with E-state index < -0.39 is 28.9 Å². The van der Waals surface area contributed by atoms with E-state index in [0.717, 1.165) is 42.7 Å². The first-order valence-electron chi connectivity index (χ1n) is 8.58. The van der Waals surface area contributed by atoms with Crippen LogP contribution in [0.4, 0.5) is 13.2 Å². The van der Waals surface area contributed by atoms with Crippen molar-refractivity contribution in [1.82, 2.24) is 4.90 Å². The molecule has 1 heterocycles. The number of benzene rings is 2. The fraction of sp³-hybridized carbons (Fsp3) is 0.350. The number of hydrogen-bond acceptors (Lipinski definition) is 2. The van der Waals surface area contributed by atoms with E-state index >= 15 is 0 Å². The lowest BCUT2D eigenvalue weighted by molar-refractivity contribution is 0.0748. The van der Waals surface area contributed by atoms with Crippen LogP contribution in [-0.4, -0.2) is 31.0 Å². The maximum atomic E-state index is 14.0. The summed E-state index contributed by atoms with van der Waals surface area (Å²) in [4.78, 5) is 14.2. The number of ether oxygens (including phenoxy) is 1. The maximum absolute atomic E-state index is 14.0. The van der Waals surface area contributed by atoms with Crippen molar-refractivity contribution in [2.75, 3.05) is 20.2 Å². The quantitative estimate of drug-likeness (QED) is 0.751. The molecule has 0 saturated carbocycles. The average Bonchev–Trinajstić information content (AvgIpc) is 2.92. The fourth-order valence-corrected chi connectivity index (χ4v) is 3.34. The number of rotatable bonds is 3. The molecule has 0 aliphatic carbocycles. The van der Waals surface area contributed by atoms with E-state index in [0.29, 0.717) is 13.1 Å². The lowest BCUT2D eigenvalue weighted by atomic mass is 9.94. The van der Waals surface area contributed by atoms with Gasteiger partial charge in [-0.25, -0.2) is 13.2 Å². The molecule has 3 nitrogen and oxygen atoms in total. The smallest absolute Gasteiger partial charge is 0.256 e. The van der Waals surface area contributed by atoms with Gasteiger partial charge in [-0.1, -0.05) is 18.6 Å². The highest BCUT2D eigenvalue weighted by atomic mass is 19.2. The van der Waals surface area contributed by atoms with E-state index in [2.05, 4.69) is 0 Å². The second-order valence-electron chi connectivity index (χ2n) is 6.44. The zero-order chi connectivity index (χ0) is 18.7. The minimum absolute atomic E-state index is 0.0979. The van der Waals surface area contributed by atoms with Crippen LogP contribution in [0.3, 0.4) is 0 Å². The van der Waals surface area contributed by atoms with Gasteiger partial charge in [0.1, 0.15) is 5.75 Å². The molecule has 1 unspecified atom stereocenters. The molecule has 0 spiro atoms. The molecule has 1 fully saturated rings. The third kappa shape index (κ3) is 3.69. The minimum atomic E-state index is -1.61. The van der Waals surface area contributed by atoms with Crippen LogP contribution in [0.15, 0.2) is 36.4 Å². The van der Waals surface area contributed by atoms with Crippen LogP contribution in [0, 0.1) is 17.5 Å². The first-order chi connectivity index (χ1) is 12.5. The topological polar surface area (TPSA) is 29.5 Å². The maximum Gasteiger partial charge on any atom is 0.256 e. The van der Waals surface area contributed by atoms with Gasteiger partial charge in [0, 0.05) is 19.0 Å². The Bertz CT molecular complexity index is 792. The van der Waals surface area contributed by atoms with Gasteiger partial charge < -0.3 is 9.64 Å². The van der Waals surface area contributed by atoms with E-state index in [1.54, 1.807) is 7.11 Å². The molecule has 26 heavy (non-hydrogen) atoms. The monoisotopic (exact) mass is 363 g/mol. The van der Waals surface area contributed by atoms with Crippen LogP contribution < -0.4 is 4.74 Å². The molecule has 1 amide bonds. The van der Waals surface area contributed by atoms with Crippen molar-refractivity contribution in [2.45, 2.75) is 25.2 Å². The van der Waals surface area contributed by atoms with Gasteiger partial charge in [-0.2, -0.15) is 0 Å². The average molecular weight is 363 g/mol. The van der Waals surface area contributed by atoms with Crippen molar-refractivity contribution in [3.63, 3.8) is 0 Å². The summed E-state index contributed by atoms with van der Waals surface area (Å²) in [5, 5.41) is 0. The molecular formula is C20H20F3NO2. The van der Waals surface area contributed by atoms with Crippen LogP contribution in [0.2, 0.25) is 0 Å². The summed E-state index contributed by atoms with van der Waals surface area (Å²) < 4.78 is 45.8.